The molecular formula is C18H22N2O. The van der Waals surface area contributed by atoms with Gasteiger partial charge in [-0.1, -0.05) is 49.4 Å². The Hall–Kier alpha value is -1.87. The number of hydrogen-bond donors (Lipinski definition) is 1. The molecule has 3 heteroatoms. The number of rotatable bonds is 5. The third kappa shape index (κ3) is 2.93. The molecule has 1 unspecified atom stereocenters. The zero-order valence-corrected chi connectivity index (χ0v) is 12.5. The second kappa shape index (κ2) is 6.27. The molecule has 0 radical (unpaired) electrons. The number of nitrogens with one attached hydrogen (secondary N) is 1. The predicted octanol–water partition coefficient (Wildman–Crippen LogP) is 2.94. The number of nitrogens with zero attached hydrogens (tertiary/aromatic N) is 1. The van der Waals surface area contributed by atoms with Crippen LogP contribution in [-0.4, -0.2) is 29.9 Å². The van der Waals surface area contributed by atoms with Gasteiger partial charge in [-0.15, -0.1) is 0 Å². The number of hydrogen-bond acceptors (Lipinski definition) is 2. The van der Waals surface area contributed by atoms with E-state index in [1.54, 1.807) is 0 Å². The summed E-state index contributed by atoms with van der Waals surface area (Å²) >= 11 is 0. The van der Waals surface area contributed by atoms with E-state index in [0.29, 0.717) is 6.54 Å². The molecule has 0 spiro atoms. The number of amides is 1. The Kier molecular flexibility index (Phi) is 4.20. The third-order valence-electron chi connectivity index (χ3n) is 4.18. The van der Waals surface area contributed by atoms with Crippen molar-refractivity contribution in [3.63, 3.8) is 0 Å². The zero-order valence-electron chi connectivity index (χ0n) is 12.5. The van der Waals surface area contributed by atoms with Gasteiger partial charge in [0.15, 0.2) is 0 Å². The van der Waals surface area contributed by atoms with E-state index >= 15 is 0 Å². The van der Waals surface area contributed by atoms with Crippen LogP contribution < -0.4 is 5.32 Å². The Morgan fingerprint density at radius 2 is 2.00 bits per heavy atom. The summed E-state index contributed by atoms with van der Waals surface area (Å²) < 4.78 is 0. The molecule has 2 aromatic rings. The molecule has 0 aliphatic carbocycles. The molecule has 1 N–H and O–H groups in total. The van der Waals surface area contributed by atoms with Crippen LogP contribution in [-0.2, 0) is 11.3 Å². The summed E-state index contributed by atoms with van der Waals surface area (Å²) in [5.74, 6) is 0.247. The van der Waals surface area contributed by atoms with Crippen LogP contribution in [0, 0.1) is 0 Å². The van der Waals surface area contributed by atoms with E-state index in [4.69, 9.17) is 0 Å². The second-order valence-electron chi connectivity index (χ2n) is 5.69. The molecule has 1 aliphatic heterocycles. The maximum absolute atomic E-state index is 12.4. The summed E-state index contributed by atoms with van der Waals surface area (Å²) in [5, 5.41) is 5.83. The lowest BCUT2D eigenvalue weighted by atomic mass is 10.0. The van der Waals surface area contributed by atoms with Gasteiger partial charge in [-0.25, -0.2) is 0 Å². The van der Waals surface area contributed by atoms with Crippen LogP contribution in [0.25, 0.3) is 10.8 Å². The maximum Gasteiger partial charge on any atom is 0.240 e. The van der Waals surface area contributed by atoms with E-state index in [1.165, 1.54) is 16.3 Å². The Morgan fingerprint density at radius 1 is 1.19 bits per heavy atom. The fourth-order valence-electron chi connectivity index (χ4n) is 3.04. The van der Waals surface area contributed by atoms with Crippen LogP contribution in [0.3, 0.4) is 0 Å². The highest BCUT2D eigenvalue weighted by Gasteiger charge is 2.30. The number of carbonyl (C=O) groups is 1. The minimum Gasteiger partial charge on any atom is -0.337 e. The molecule has 1 amide bonds. The van der Waals surface area contributed by atoms with Crippen molar-refractivity contribution in [3.8, 4) is 0 Å². The molecule has 0 bridgehead atoms. The van der Waals surface area contributed by atoms with Gasteiger partial charge in [-0.3, -0.25) is 4.79 Å². The van der Waals surface area contributed by atoms with Gasteiger partial charge in [0.1, 0.15) is 0 Å². The lowest BCUT2D eigenvalue weighted by molar-refractivity contribution is -0.129. The van der Waals surface area contributed by atoms with Crippen LogP contribution in [0.4, 0.5) is 0 Å². The van der Waals surface area contributed by atoms with Gasteiger partial charge >= 0.3 is 0 Å². The fraction of sp³-hybridized carbons (Fsp3) is 0.389. The first kappa shape index (κ1) is 14.1. The normalized spacial score (nSPS) is 18.6. The lowest BCUT2D eigenvalue weighted by Gasteiger charge is -2.18. The quantitative estimate of drug-likeness (QED) is 0.914. The second-order valence-corrected chi connectivity index (χ2v) is 5.69. The van der Waals surface area contributed by atoms with Crippen molar-refractivity contribution >= 4 is 16.7 Å². The van der Waals surface area contributed by atoms with Gasteiger partial charge in [0.2, 0.25) is 5.91 Å². The van der Waals surface area contributed by atoms with Crippen LogP contribution in [0.1, 0.15) is 25.3 Å². The molecular weight excluding hydrogens is 260 g/mol. The monoisotopic (exact) mass is 282 g/mol. The summed E-state index contributed by atoms with van der Waals surface area (Å²) in [6, 6.07) is 14.7. The van der Waals surface area contributed by atoms with E-state index in [1.807, 2.05) is 4.90 Å². The summed E-state index contributed by atoms with van der Waals surface area (Å²) in [7, 11) is 0. The van der Waals surface area contributed by atoms with Crippen molar-refractivity contribution in [1.29, 1.82) is 0 Å². The van der Waals surface area contributed by atoms with Crippen LogP contribution in [0.5, 0.6) is 0 Å². The van der Waals surface area contributed by atoms with Crippen molar-refractivity contribution in [1.82, 2.24) is 10.2 Å². The van der Waals surface area contributed by atoms with Crippen molar-refractivity contribution in [3.05, 3.63) is 48.0 Å². The summed E-state index contributed by atoms with van der Waals surface area (Å²) in [6.07, 6.45) is 1.98. The Balaban J connectivity index is 1.76. The van der Waals surface area contributed by atoms with E-state index in [2.05, 4.69) is 54.7 Å². The van der Waals surface area contributed by atoms with Gasteiger partial charge in [0.25, 0.3) is 0 Å². The zero-order chi connectivity index (χ0) is 14.7. The van der Waals surface area contributed by atoms with Crippen LogP contribution >= 0.6 is 0 Å². The molecule has 1 atom stereocenters. The maximum atomic E-state index is 12.4. The summed E-state index contributed by atoms with van der Waals surface area (Å²) in [6.45, 7) is 4.60. The van der Waals surface area contributed by atoms with Crippen LogP contribution in [0.15, 0.2) is 42.5 Å². The van der Waals surface area contributed by atoms with Crippen molar-refractivity contribution < 1.29 is 4.79 Å². The largest absolute Gasteiger partial charge is 0.337 e. The third-order valence-corrected chi connectivity index (χ3v) is 4.18. The average Bonchev–Trinajstić information content (AvgIpc) is 2.86. The van der Waals surface area contributed by atoms with Crippen molar-refractivity contribution in [2.75, 3.05) is 13.1 Å². The molecule has 21 heavy (non-hydrogen) atoms. The highest BCUT2D eigenvalue weighted by atomic mass is 16.2. The molecule has 1 saturated heterocycles. The minimum absolute atomic E-state index is 0.0138. The van der Waals surface area contributed by atoms with Crippen LogP contribution in [0.2, 0.25) is 0 Å². The van der Waals surface area contributed by atoms with E-state index in [0.717, 1.165) is 25.9 Å². The van der Waals surface area contributed by atoms with Gasteiger partial charge in [0, 0.05) is 13.1 Å². The number of fused-ring (bicyclic) bond motifs is 1. The van der Waals surface area contributed by atoms with Gasteiger partial charge < -0.3 is 10.2 Å². The summed E-state index contributed by atoms with van der Waals surface area (Å²) in [4.78, 5) is 14.4. The van der Waals surface area contributed by atoms with Gasteiger partial charge in [-0.05, 0) is 35.7 Å². The Bertz CT molecular complexity index is 633. The molecule has 1 aliphatic rings. The molecule has 110 valence electrons. The smallest absolute Gasteiger partial charge is 0.240 e. The van der Waals surface area contributed by atoms with E-state index < -0.39 is 0 Å². The average molecular weight is 282 g/mol. The molecule has 1 fully saturated rings. The molecule has 3 rings (SSSR count). The summed E-state index contributed by atoms with van der Waals surface area (Å²) in [5.41, 5.74) is 1.23. The van der Waals surface area contributed by atoms with Crippen molar-refractivity contribution in [2.45, 2.75) is 32.4 Å². The first-order valence-corrected chi connectivity index (χ1v) is 7.78. The van der Waals surface area contributed by atoms with Gasteiger partial charge in [0.05, 0.1) is 6.04 Å². The SMILES string of the molecule is CCCNC1CCN(Cc2cccc3ccccc23)C1=O. The molecule has 1 heterocycles. The molecule has 0 aromatic heterocycles. The Labute approximate surface area is 125 Å². The van der Waals surface area contributed by atoms with E-state index in [-0.39, 0.29) is 11.9 Å². The first-order valence-electron chi connectivity index (χ1n) is 7.78. The number of carbonyl (C=O) groups excluding carboxylic acids is 1. The standard InChI is InChI=1S/C18H22N2O/c1-2-11-19-17-10-12-20(18(17)21)13-15-8-5-7-14-6-3-4-9-16(14)15/h3-9,17,19H,2,10-13H2,1H3. The van der Waals surface area contributed by atoms with Gasteiger partial charge in [-0.2, -0.15) is 0 Å². The molecule has 3 nitrogen and oxygen atoms in total. The Morgan fingerprint density at radius 3 is 2.86 bits per heavy atom. The fourth-order valence-corrected chi connectivity index (χ4v) is 3.04. The highest BCUT2D eigenvalue weighted by molar-refractivity contribution is 5.87. The minimum atomic E-state index is 0.0138. The topological polar surface area (TPSA) is 32.3 Å². The lowest BCUT2D eigenvalue weighted by Crippen LogP contribution is -2.38. The van der Waals surface area contributed by atoms with Crippen molar-refractivity contribution in [2.24, 2.45) is 0 Å². The number of likely N-dealkylation sites (tertiary alicyclic amines) is 1. The molecule has 2 aromatic carbocycles. The first-order chi connectivity index (χ1) is 10.3. The van der Waals surface area contributed by atoms with E-state index in [9.17, 15) is 4.79 Å². The predicted molar refractivity (Wildman–Crippen MR) is 86.1 cm³/mol. The molecule has 0 saturated carbocycles. The highest BCUT2D eigenvalue weighted by Crippen LogP contribution is 2.22. The number of benzene rings is 2.